The van der Waals surface area contributed by atoms with Gasteiger partial charge in [-0.2, -0.15) is 0 Å². The molecule has 19 heavy (non-hydrogen) atoms. The standard InChI is InChI=1S/C15H14Cl2FN/c1-9-7-11(18)4-5-12(9)15(19-2)10-3-6-13(16)14(17)8-10/h3-8,15,19H,1-2H3. The third-order valence-electron chi connectivity index (χ3n) is 3.11. The van der Waals surface area contributed by atoms with Crippen molar-refractivity contribution in [1.29, 1.82) is 0 Å². The molecule has 2 aromatic rings. The second kappa shape index (κ2) is 5.91. The zero-order valence-corrected chi connectivity index (χ0v) is 12.2. The Kier molecular flexibility index (Phi) is 4.46. The summed E-state index contributed by atoms with van der Waals surface area (Å²) in [4.78, 5) is 0. The van der Waals surface area contributed by atoms with Gasteiger partial charge in [0.1, 0.15) is 5.82 Å². The van der Waals surface area contributed by atoms with Gasteiger partial charge in [0, 0.05) is 0 Å². The quantitative estimate of drug-likeness (QED) is 0.862. The van der Waals surface area contributed by atoms with Gasteiger partial charge in [-0.3, -0.25) is 0 Å². The van der Waals surface area contributed by atoms with Gasteiger partial charge in [-0.25, -0.2) is 4.39 Å². The lowest BCUT2D eigenvalue weighted by Gasteiger charge is -2.20. The molecule has 100 valence electrons. The predicted molar refractivity (Wildman–Crippen MR) is 78.5 cm³/mol. The number of rotatable bonds is 3. The van der Waals surface area contributed by atoms with E-state index in [4.69, 9.17) is 23.2 Å². The molecule has 0 fully saturated rings. The van der Waals surface area contributed by atoms with Crippen LogP contribution in [-0.2, 0) is 0 Å². The van der Waals surface area contributed by atoms with E-state index in [2.05, 4.69) is 5.32 Å². The Morgan fingerprint density at radius 3 is 2.37 bits per heavy atom. The zero-order valence-electron chi connectivity index (χ0n) is 10.7. The fourth-order valence-electron chi connectivity index (χ4n) is 2.16. The zero-order chi connectivity index (χ0) is 14.0. The molecular weight excluding hydrogens is 284 g/mol. The fourth-order valence-corrected chi connectivity index (χ4v) is 2.46. The van der Waals surface area contributed by atoms with Crippen LogP contribution in [0.4, 0.5) is 4.39 Å². The molecule has 4 heteroatoms. The van der Waals surface area contributed by atoms with Crippen molar-refractivity contribution in [2.45, 2.75) is 13.0 Å². The molecule has 0 saturated heterocycles. The molecule has 2 aromatic carbocycles. The number of aryl methyl sites for hydroxylation is 1. The van der Waals surface area contributed by atoms with Crippen LogP contribution in [0.5, 0.6) is 0 Å². The summed E-state index contributed by atoms with van der Waals surface area (Å²) in [6.07, 6.45) is 0. The lowest BCUT2D eigenvalue weighted by molar-refractivity contribution is 0.621. The van der Waals surface area contributed by atoms with Crippen LogP contribution in [0.3, 0.4) is 0 Å². The molecule has 0 aliphatic heterocycles. The van der Waals surface area contributed by atoms with Gasteiger partial charge >= 0.3 is 0 Å². The minimum atomic E-state index is -0.231. The van der Waals surface area contributed by atoms with Crippen LogP contribution in [0.25, 0.3) is 0 Å². The maximum absolute atomic E-state index is 13.2. The third kappa shape index (κ3) is 3.08. The summed E-state index contributed by atoms with van der Waals surface area (Å²) in [6, 6.07) is 10.2. The molecule has 1 atom stereocenters. The first kappa shape index (κ1) is 14.3. The maximum atomic E-state index is 13.2. The van der Waals surface area contributed by atoms with Crippen LogP contribution < -0.4 is 5.32 Å². The Morgan fingerprint density at radius 2 is 1.79 bits per heavy atom. The SMILES string of the molecule is CNC(c1ccc(Cl)c(Cl)c1)c1ccc(F)cc1C. The summed E-state index contributed by atoms with van der Waals surface area (Å²) < 4.78 is 13.2. The Balaban J connectivity index is 2.46. The molecule has 1 unspecified atom stereocenters. The highest BCUT2D eigenvalue weighted by Gasteiger charge is 2.15. The van der Waals surface area contributed by atoms with Crippen molar-refractivity contribution in [1.82, 2.24) is 5.32 Å². The van der Waals surface area contributed by atoms with E-state index in [9.17, 15) is 4.39 Å². The van der Waals surface area contributed by atoms with Gasteiger partial charge in [-0.05, 0) is 54.9 Å². The summed E-state index contributed by atoms with van der Waals surface area (Å²) in [5.74, 6) is -0.231. The van der Waals surface area contributed by atoms with Crippen molar-refractivity contribution in [3.05, 3.63) is 69.0 Å². The first-order chi connectivity index (χ1) is 9.02. The molecule has 0 aliphatic rings. The fraction of sp³-hybridized carbons (Fsp3) is 0.200. The van der Waals surface area contributed by atoms with Gasteiger partial charge in [-0.1, -0.05) is 35.3 Å². The minimum absolute atomic E-state index is 0.0460. The molecule has 0 amide bonds. The lowest BCUT2D eigenvalue weighted by atomic mass is 9.95. The molecular formula is C15H14Cl2FN. The highest BCUT2D eigenvalue weighted by Crippen LogP contribution is 2.30. The van der Waals surface area contributed by atoms with Gasteiger partial charge in [0.2, 0.25) is 0 Å². The van der Waals surface area contributed by atoms with E-state index in [-0.39, 0.29) is 11.9 Å². The van der Waals surface area contributed by atoms with E-state index < -0.39 is 0 Å². The van der Waals surface area contributed by atoms with Crippen LogP contribution in [0.2, 0.25) is 10.0 Å². The largest absolute Gasteiger partial charge is 0.309 e. The van der Waals surface area contributed by atoms with E-state index >= 15 is 0 Å². The normalized spacial score (nSPS) is 12.5. The third-order valence-corrected chi connectivity index (χ3v) is 3.85. The van der Waals surface area contributed by atoms with Gasteiger partial charge in [0.05, 0.1) is 16.1 Å². The monoisotopic (exact) mass is 297 g/mol. The van der Waals surface area contributed by atoms with Crippen LogP contribution in [-0.4, -0.2) is 7.05 Å². The molecule has 0 saturated carbocycles. The molecule has 0 bridgehead atoms. The molecule has 0 spiro atoms. The average Bonchev–Trinajstić information content (AvgIpc) is 2.37. The Hall–Kier alpha value is -1.09. The average molecular weight is 298 g/mol. The maximum Gasteiger partial charge on any atom is 0.123 e. The van der Waals surface area contributed by atoms with Gasteiger partial charge < -0.3 is 5.32 Å². The van der Waals surface area contributed by atoms with Gasteiger partial charge in [-0.15, -0.1) is 0 Å². The van der Waals surface area contributed by atoms with Gasteiger partial charge in [0.25, 0.3) is 0 Å². The smallest absolute Gasteiger partial charge is 0.123 e. The summed E-state index contributed by atoms with van der Waals surface area (Å²) in [5, 5.41) is 4.25. The highest BCUT2D eigenvalue weighted by atomic mass is 35.5. The van der Waals surface area contributed by atoms with Crippen molar-refractivity contribution < 1.29 is 4.39 Å². The Morgan fingerprint density at radius 1 is 1.05 bits per heavy atom. The molecule has 0 aromatic heterocycles. The number of hydrogen-bond donors (Lipinski definition) is 1. The van der Waals surface area contributed by atoms with Crippen molar-refractivity contribution >= 4 is 23.2 Å². The minimum Gasteiger partial charge on any atom is -0.309 e. The first-order valence-corrected chi connectivity index (χ1v) is 6.66. The number of nitrogens with one attached hydrogen (secondary N) is 1. The van der Waals surface area contributed by atoms with Crippen molar-refractivity contribution in [3.8, 4) is 0 Å². The number of benzene rings is 2. The van der Waals surface area contributed by atoms with E-state index in [1.54, 1.807) is 12.1 Å². The topological polar surface area (TPSA) is 12.0 Å². The molecule has 2 rings (SSSR count). The van der Waals surface area contributed by atoms with Crippen molar-refractivity contribution in [3.63, 3.8) is 0 Å². The first-order valence-electron chi connectivity index (χ1n) is 5.91. The van der Waals surface area contributed by atoms with Crippen molar-refractivity contribution in [2.75, 3.05) is 7.05 Å². The molecule has 0 heterocycles. The van der Waals surface area contributed by atoms with E-state index in [0.717, 1.165) is 16.7 Å². The molecule has 1 N–H and O–H groups in total. The lowest BCUT2D eigenvalue weighted by Crippen LogP contribution is -2.18. The van der Waals surface area contributed by atoms with Crippen molar-refractivity contribution in [2.24, 2.45) is 0 Å². The van der Waals surface area contributed by atoms with Crippen LogP contribution in [0.1, 0.15) is 22.7 Å². The summed E-state index contributed by atoms with van der Waals surface area (Å²) >= 11 is 12.0. The second-order valence-electron chi connectivity index (χ2n) is 4.40. The van der Waals surface area contributed by atoms with Crippen LogP contribution in [0, 0.1) is 12.7 Å². The number of hydrogen-bond acceptors (Lipinski definition) is 1. The summed E-state index contributed by atoms with van der Waals surface area (Å²) in [6.45, 7) is 1.89. The summed E-state index contributed by atoms with van der Waals surface area (Å²) in [7, 11) is 1.86. The van der Waals surface area contributed by atoms with Crippen LogP contribution >= 0.6 is 23.2 Å². The predicted octanol–water partition coefficient (Wildman–Crippen LogP) is 4.75. The Bertz CT molecular complexity index is 599. The molecule has 0 aliphatic carbocycles. The van der Waals surface area contributed by atoms with E-state index in [0.29, 0.717) is 10.0 Å². The summed E-state index contributed by atoms with van der Waals surface area (Å²) in [5.41, 5.74) is 2.90. The van der Waals surface area contributed by atoms with E-state index in [1.807, 2.05) is 26.1 Å². The second-order valence-corrected chi connectivity index (χ2v) is 5.21. The molecule has 1 nitrogen and oxygen atoms in total. The Labute approximate surface area is 122 Å². The van der Waals surface area contributed by atoms with Gasteiger partial charge in [0.15, 0.2) is 0 Å². The molecule has 0 radical (unpaired) electrons. The number of halogens is 3. The van der Waals surface area contributed by atoms with E-state index in [1.165, 1.54) is 12.1 Å². The van der Waals surface area contributed by atoms with Crippen LogP contribution in [0.15, 0.2) is 36.4 Å². The highest BCUT2D eigenvalue weighted by molar-refractivity contribution is 6.42.